The van der Waals surface area contributed by atoms with E-state index in [4.69, 9.17) is 5.73 Å². The van der Waals surface area contributed by atoms with Gasteiger partial charge in [0, 0.05) is 37.4 Å². The second-order valence-electron chi connectivity index (χ2n) is 4.49. The van der Waals surface area contributed by atoms with E-state index in [-0.39, 0.29) is 11.4 Å². The SMILES string of the molecule is CN(Cc1ccncc1)c1ccc(N)cc1C(F)(F)F. The third kappa shape index (κ3) is 3.20. The number of hydrogen-bond acceptors (Lipinski definition) is 3. The first-order chi connectivity index (χ1) is 9.38. The summed E-state index contributed by atoms with van der Waals surface area (Å²) < 4.78 is 39.1. The number of aromatic nitrogens is 1. The number of nitrogens with zero attached hydrogens (tertiary/aromatic N) is 2. The number of rotatable bonds is 3. The van der Waals surface area contributed by atoms with Crippen molar-refractivity contribution in [1.29, 1.82) is 0 Å². The van der Waals surface area contributed by atoms with Crippen molar-refractivity contribution in [2.45, 2.75) is 12.7 Å². The summed E-state index contributed by atoms with van der Waals surface area (Å²) in [6.07, 6.45) is -1.22. The lowest BCUT2D eigenvalue weighted by atomic mass is 10.1. The number of nitrogen functional groups attached to an aromatic ring is 1. The van der Waals surface area contributed by atoms with Gasteiger partial charge in [-0.1, -0.05) is 0 Å². The Labute approximate surface area is 114 Å². The minimum Gasteiger partial charge on any atom is -0.399 e. The van der Waals surface area contributed by atoms with E-state index < -0.39 is 11.7 Å². The molecular formula is C14H14F3N3. The molecule has 0 spiro atoms. The maximum Gasteiger partial charge on any atom is 0.418 e. The topological polar surface area (TPSA) is 42.2 Å². The van der Waals surface area contributed by atoms with Crippen LogP contribution in [-0.2, 0) is 12.7 Å². The minimum atomic E-state index is -4.43. The summed E-state index contributed by atoms with van der Waals surface area (Å²) in [5.41, 5.74) is 5.80. The first kappa shape index (κ1) is 14.2. The molecule has 0 saturated heterocycles. The van der Waals surface area contributed by atoms with Crippen LogP contribution in [0.25, 0.3) is 0 Å². The van der Waals surface area contributed by atoms with Gasteiger partial charge in [0.1, 0.15) is 0 Å². The summed E-state index contributed by atoms with van der Waals surface area (Å²) in [5.74, 6) is 0. The van der Waals surface area contributed by atoms with Gasteiger partial charge in [-0.2, -0.15) is 13.2 Å². The van der Waals surface area contributed by atoms with Crippen molar-refractivity contribution in [2.24, 2.45) is 0 Å². The molecule has 1 aromatic heterocycles. The molecule has 0 fully saturated rings. The Kier molecular flexibility index (Phi) is 3.83. The Morgan fingerprint density at radius 3 is 2.40 bits per heavy atom. The highest BCUT2D eigenvalue weighted by atomic mass is 19.4. The average Bonchev–Trinajstić information content (AvgIpc) is 2.38. The minimum absolute atomic E-state index is 0.0957. The molecule has 106 valence electrons. The third-order valence-corrected chi connectivity index (χ3v) is 2.91. The lowest BCUT2D eigenvalue weighted by Gasteiger charge is -2.24. The van der Waals surface area contributed by atoms with Crippen molar-refractivity contribution < 1.29 is 13.2 Å². The lowest BCUT2D eigenvalue weighted by molar-refractivity contribution is -0.137. The molecular weight excluding hydrogens is 267 g/mol. The number of pyridine rings is 1. The number of halogens is 3. The first-order valence-corrected chi connectivity index (χ1v) is 5.94. The van der Waals surface area contributed by atoms with E-state index in [1.165, 1.54) is 17.0 Å². The van der Waals surface area contributed by atoms with Crippen LogP contribution in [0, 0.1) is 0 Å². The third-order valence-electron chi connectivity index (χ3n) is 2.91. The molecule has 2 rings (SSSR count). The molecule has 0 aliphatic rings. The summed E-state index contributed by atoms with van der Waals surface area (Å²) in [5, 5.41) is 0. The van der Waals surface area contributed by atoms with E-state index in [9.17, 15) is 13.2 Å². The van der Waals surface area contributed by atoms with Gasteiger partial charge < -0.3 is 10.6 Å². The number of benzene rings is 1. The molecule has 2 N–H and O–H groups in total. The van der Waals surface area contributed by atoms with Crippen molar-refractivity contribution in [3.8, 4) is 0 Å². The Morgan fingerprint density at radius 2 is 1.80 bits per heavy atom. The van der Waals surface area contributed by atoms with Crippen LogP contribution in [0.5, 0.6) is 0 Å². The molecule has 3 nitrogen and oxygen atoms in total. The van der Waals surface area contributed by atoms with Gasteiger partial charge >= 0.3 is 6.18 Å². The quantitative estimate of drug-likeness (QED) is 0.878. The van der Waals surface area contributed by atoms with Crippen LogP contribution in [0.2, 0.25) is 0 Å². The zero-order valence-electron chi connectivity index (χ0n) is 10.9. The molecule has 0 atom stereocenters. The number of nitrogens with two attached hydrogens (primary N) is 1. The van der Waals surface area contributed by atoms with Crippen LogP contribution in [-0.4, -0.2) is 12.0 Å². The molecule has 0 radical (unpaired) electrons. The second kappa shape index (κ2) is 5.40. The van der Waals surface area contributed by atoms with E-state index in [0.717, 1.165) is 11.6 Å². The van der Waals surface area contributed by atoms with Crippen LogP contribution in [0.1, 0.15) is 11.1 Å². The Hall–Kier alpha value is -2.24. The summed E-state index contributed by atoms with van der Waals surface area (Å²) in [4.78, 5) is 5.42. The summed E-state index contributed by atoms with van der Waals surface area (Å²) in [6.45, 7) is 0.357. The predicted molar refractivity (Wildman–Crippen MR) is 72.2 cm³/mol. The van der Waals surface area contributed by atoms with Crippen molar-refractivity contribution in [3.05, 3.63) is 53.9 Å². The first-order valence-electron chi connectivity index (χ1n) is 5.94. The Bertz CT molecular complexity index is 582. The molecule has 0 amide bonds. The van der Waals surface area contributed by atoms with Gasteiger partial charge in [-0.05, 0) is 35.9 Å². The zero-order valence-corrected chi connectivity index (χ0v) is 10.9. The van der Waals surface area contributed by atoms with Gasteiger partial charge in [0.15, 0.2) is 0 Å². The van der Waals surface area contributed by atoms with E-state index in [0.29, 0.717) is 6.54 Å². The molecule has 0 aliphatic carbocycles. The molecule has 1 heterocycles. The summed E-state index contributed by atoms with van der Waals surface area (Å²) in [6, 6.07) is 7.34. The molecule has 0 bridgehead atoms. The van der Waals surface area contributed by atoms with Gasteiger partial charge in [-0.3, -0.25) is 4.98 Å². The van der Waals surface area contributed by atoms with E-state index in [2.05, 4.69) is 4.98 Å². The molecule has 0 aliphatic heterocycles. The van der Waals surface area contributed by atoms with E-state index in [1.54, 1.807) is 31.6 Å². The average molecular weight is 281 g/mol. The lowest BCUT2D eigenvalue weighted by Crippen LogP contribution is -2.21. The summed E-state index contributed by atoms with van der Waals surface area (Å²) >= 11 is 0. The Balaban J connectivity index is 2.32. The van der Waals surface area contributed by atoms with Crippen molar-refractivity contribution >= 4 is 11.4 Å². The highest BCUT2D eigenvalue weighted by molar-refractivity contribution is 5.60. The van der Waals surface area contributed by atoms with Gasteiger partial charge in [0.2, 0.25) is 0 Å². The van der Waals surface area contributed by atoms with Crippen LogP contribution in [0.4, 0.5) is 24.5 Å². The molecule has 6 heteroatoms. The molecule has 0 unspecified atom stereocenters. The zero-order chi connectivity index (χ0) is 14.8. The monoisotopic (exact) mass is 281 g/mol. The van der Waals surface area contributed by atoms with Crippen LogP contribution >= 0.6 is 0 Å². The fourth-order valence-electron chi connectivity index (χ4n) is 1.96. The van der Waals surface area contributed by atoms with Gasteiger partial charge in [0.05, 0.1) is 5.56 Å². The van der Waals surface area contributed by atoms with Crippen molar-refractivity contribution in [2.75, 3.05) is 17.7 Å². The predicted octanol–water partition coefficient (Wildman–Crippen LogP) is 3.32. The Morgan fingerprint density at radius 1 is 1.15 bits per heavy atom. The van der Waals surface area contributed by atoms with Crippen LogP contribution < -0.4 is 10.6 Å². The highest BCUT2D eigenvalue weighted by Gasteiger charge is 2.34. The van der Waals surface area contributed by atoms with E-state index >= 15 is 0 Å². The second-order valence-corrected chi connectivity index (χ2v) is 4.49. The molecule has 20 heavy (non-hydrogen) atoms. The molecule has 1 aromatic carbocycles. The number of alkyl halides is 3. The molecule has 2 aromatic rings. The fraction of sp³-hybridized carbons (Fsp3) is 0.214. The smallest absolute Gasteiger partial charge is 0.399 e. The van der Waals surface area contributed by atoms with Gasteiger partial charge in [-0.15, -0.1) is 0 Å². The number of anilines is 2. The normalized spacial score (nSPS) is 11.4. The summed E-state index contributed by atoms with van der Waals surface area (Å²) in [7, 11) is 1.61. The van der Waals surface area contributed by atoms with Crippen LogP contribution in [0.15, 0.2) is 42.7 Å². The van der Waals surface area contributed by atoms with Crippen LogP contribution in [0.3, 0.4) is 0 Å². The maximum absolute atomic E-state index is 13.0. The van der Waals surface area contributed by atoms with Crippen molar-refractivity contribution in [1.82, 2.24) is 4.98 Å². The van der Waals surface area contributed by atoms with Crippen molar-refractivity contribution in [3.63, 3.8) is 0 Å². The largest absolute Gasteiger partial charge is 0.418 e. The standard InChI is InChI=1S/C14H14F3N3/c1-20(9-10-4-6-19-7-5-10)13-3-2-11(18)8-12(13)14(15,16)17/h2-8H,9,18H2,1H3. The highest BCUT2D eigenvalue weighted by Crippen LogP contribution is 2.37. The van der Waals surface area contributed by atoms with Gasteiger partial charge in [0.25, 0.3) is 0 Å². The van der Waals surface area contributed by atoms with E-state index in [1.807, 2.05) is 0 Å². The molecule has 0 saturated carbocycles. The maximum atomic E-state index is 13.0. The number of hydrogen-bond donors (Lipinski definition) is 1. The van der Waals surface area contributed by atoms with Gasteiger partial charge in [-0.25, -0.2) is 0 Å². The fourth-order valence-corrected chi connectivity index (χ4v) is 1.96.